The summed E-state index contributed by atoms with van der Waals surface area (Å²) in [5.74, 6) is -1.22. The Hall–Kier alpha value is -1.83. The third kappa shape index (κ3) is 9.15. The predicted molar refractivity (Wildman–Crippen MR) is 71.9 cm³/mol. The minimum absolute atomic E-state index is 0.264. The number of alkyl carbamates (subject to hydrolysis) is 1. The molecule has 0 unspecified atom stereocenters. The largest absolute Gasteiger partial charge is 0.444 e. The van der Waals surface area contributed by atoms with Crippen LogP contribution in [0.5, 0.6) is 0 Å². The molecule has 0 heterocycles. The van der Waals surface area contributed by atoms with E-state index in [2.05, 4.69) is 10.6 Å². The van der Waals surface area contributed by atoms with Crippen molar-refractivity contribution in [3.05, 3.63) is 0 Å². The highest BCUT2D eigenvalue weighted by atomic mass is 16.6. The van der Waals surface area contributed by atoms with Gasteiger partial charge in [-0.3, -0.25) is 9.59 Å². The van der Waals surface area contributed by atoms with E-state index in [0.717, 1.165) is 0 Å². The summed E-state index contributed by atoms with van der Waals surface area (Å²) in [6, 6.07) is -1.07. The quantitative estimate of drug-likeness (QED) is 0.547. The van der Waals surface area contributed by atoms with Gasteiger partial charge >= 0.3 is 6.09 Å². The zero-order valence-corrected chi connectivity index (χ0v) is 12.3. The number of amides is 3. The molecule has 0 fully saturated rings. The molecule has 0 aromatic rings. The fraction of sp³-hybridized carbons (Fsp3) is 0.750. The second-order valence-electron chi connectivity index (χ2n) is 5.15. The van der Waals surface area contributed by atoms with E-state index in [1.54, 1.807) is 20.8 Å². The summed E-state index contributed by atoms with van der Waals surface area (Å²) >= 11 is 0. The van der Waals surface area contributed by atoms with Gasteiger partial charge in [-0.1, -0.05) is 0 Å². The Balaban J connectivity index is 4.51. The summed E-state index contributed by atoms with van der Waals surface area (Å²) < 4.78 is 9.80. The average Bonchev–Trinajstić information content (AvgIpc) is 2.25. The van der Waals surface area contributed by atoms with Crippen molar-refractivity contribution in [2.24, 2.45) is 5.73 Å². The van der Waals surface area contributed by atoms with E-state index in [-0.39, 0.29) is 13.0 Å². The Bertz CT molecular complexity index is 351. The zero-order chi connectivity index (χ0) is 15.8. The van der Waals surface area contributed by atoms with Crippen molar-refractivity contribution >= 4 is 17.9 Å². The molecule has 116 valence electrons. The maximum Gasteiger partial charge on any atom is 0.408 e. The van der Waals surface area contributed by atoms with Crippen molar-refractivity contribution in [2.75, 3.05) is 20.3 Å². The van der Waals surface area contributed by atoms with Gasteiger partial charge in [-0.25, -0.2) is 4.79 Å². The third-order valence-electron chi connectivity index (χ3n) is 2.02. The first-order valence-corrected chi connectivity index (χ1v) is 6.20. The second kappa shape index (κ2) is 8.36. The Morgan fingerprint density at radius 3 is 2.30 bits per heavy atom. The summed E-state index contributed by atoms with van der Waals surface area (Å²) in [5, 5.41) is 4.83. The van der Waals surface area contributed by atoms with Crippen LogP contribution in [0.1, 0.15) is 27.2 Å². The molecule has 0 aliphatic carbocycles. The Morgan fingerprint density at radius 1 is 1.25 bits per heavy atom. The summed E-state index contributed by atoms with van der Waals surface area (Å²) in [4.78, 5) is 34.3. The molecular weight excluding hydrogens is 266 g/mol. The number of nitrogens with two attached hydrogens (primary N) is 1. The van der Waals surface area contributed by atoms with Gasteiger partial charge in [-0.05, 0) is 20.8 Å². The Morgan fingerprint density at radius 2 is 1.85 bits per heavy atom. The number of hydrogen-bond donors (Lipinski definition) is 3. The van der Waals surface area contributed by atoms with Crippen molar-refractivity contribution < 1.29 is 23.9 Å². The SMILES string of the molecule is COCCNC(=O)[C@H](CC(N)=O)NC(=O)OC(C)(C)C. The highest BCUT2D eigenvalue weighted by Gasteiger charge is 2.25. The van der Waals surface area contributed by atoms with Crippen LogP contribution >= 0.6 is 0 Å². The highest BCUT2D eigenvalue weighted by molar-refractivity contribution is 5.90. The van der Waals surface area contributed by atoms with E-state index >= 15 is 0 Å². The zero-order valence-electron chi connectivity index (χ0n) is 12.3. The smallest absolute Gasteiger partial charge is 0.408 e. The van der Waals surface area contributed by atoms with Crippen LogP contribution in [0.15, 0.2) is 0 Å². The Labute approximate surface area is 118 Å². The van der Waals surface area contributed by atoms with Gasteiger partial charge in [0, 0.05) is 13.7 Å². The number of primary amides is 1. The average molecular weight is 289 g/mol. The lowest BCUT2D eigenvalue weighted by Crippen LogP contribution is -2.50. The van der Waals surface area contributed by atoms with Crippen LogP contribution in [-0.2, 0) is 19.1 Å². The normalized spacial score (nSPS) is 12.4. The minimum atomic E-state index is -1.07. The van der Waals surface area contributed by atoms with Gasteiger partial charge in [0.1, 0.15) is 11.6 Å². The van der Waals surface area contributed by atoms with Crippen molar-refractivity contribution in [2.45, 2.75) is 38.8 Å². The number of carbonyl (C=O) groups excluding carboxylic acids is 3. The van der Waals surface area contributed by atoms with Crippen LogP contribution in [0, 0.1) is 0 Å². The molecule has 0 aliphatic heterocycles. The summed E-state index contributed by atoms with van der Waals surface area (Å²) in [5.41, 5.74) is 4.35. The molecule has 0 aromatic heterocycles. The van der Waals surface area contributed by atoms with E-state index in [1.807, 2.05) is 0 Å². The first kappa shape index (κ1) is 18.2. The number of methoxy groups -OCH3 is 1. The van der Waals surface area contributed by atoms with Crippen molar-refractivity contribution in [3.63, 3.8) is 0 Å². The molecule has 8 nitrogen and oxygen atoms in total. The molecule has 0 rings (SSSR count). The van der Waals surface area contributed by atoms with Crippen LogP contribution in [-0.4, -0.2) is 49.8 Å². The van der Waals surface area contributed by atoms with Crippen molar-refractivity contribution in [1.29, 1.82) is 0 Å². The molecule has 1 atom stereocenters. The molecule has 3 amide bonds. The van der Waals surface area contributed by atoms with Crippen molar-refractivity contribution in [1.82, 2.24) is 10.6 Å². The van der Waals surface area contributed by atoms with Gasteiger partial charge in [0.15, 0.2) is 0 Å². The first-order chi connectivity index (χ1) is 9.15. The predicted octanol–water partition coefficient (Wildman–Crippen LogP) is -0.482. The minimum Gasteiger partial charge on any atom is -0.444 e. The number of ether oxygens (including phenoxy) is 2. The maximum atomic E-state index is 11.8. The highest BCUT2D eigenvalue weighted by Crippen LogP contribution is 2.07. The molecule has 0 aromatic carbocycles. The molecule has 4 N–H and O–H groups in total. The number of nitrogens with one attached hydrogen (secondary N) is 2. The van der Waals surface area contributed by atoms with Crippen LogP contribution in [0.2, 0.25) is 0 Å². The summed E-state index contributed by atoms with van der Waals surface area (Å²) in [6.07, 6.45) is -1.09. The lowest BCUT2D eigenvalue weighted by molar-refractivity contribution is -0.127. The fourth-order valence-corrected chi connectivity index (χ4v) is 1.26. The third-order valence-corrected chi connectivity index (χ3v) is 2.02. The lowest BCUT2D eigenvalue weighted by atomic mass is 10.2. The first-order valence-electron chi connectivity index (χ1n) is 6.20. The van der Waals surface area contributed by atoms with Gasteiger partial charge in [-0.2, -0.15) is 0 Å². The van der Waals surface area contributed by atoms with Crippen LogP contribution < -0.4 is 16.4 Å². The van der Waals surface area contributed by atoms with E-state index in [1.165, 1.54) is 7.11 Å². The number of carbonyl (C=O) groups is 3. The molecule has 0 saturated heterocycles. The molecule has 8 heteroatoms. The topological polar surface area (TPSA) is 120 Å². The fourth-order valence-electron chi connectivity index (χ4n) is 1.26. The van der Waals surface area contributed by atoms with Gasteiger partial charge in [0.2, 0.25) is 11.8 Å². The van der Waals surface area contributed by atoms with E-state index in [0.29, 0.717) is 6.61 Å². The van der Waals surface area contributed by atoms with Gasteiger partial charge in [0.05, 0.1) is 13.0 Å². The molecule has 0 radical (unpaired) electrons. The second-order valence-corrected chi connectivity index (χ2v) is 5.15. The molecule has 0 saturated carbocycles. The van der Waals surface area contributed by atoms with Crippen molar-refractivity contribution in [3.8, 4) is 0 Å². The van der Waals surface area contributed by atoms with E-state index in [4.69, 9.17) is 15.2 Å². The number of hydrogen-bond acceptors (Lipinski definition) is 5. The summed E-state index contributed by atoms with van der Waals surface area (Å²) in [6.45, 7) is 5.65. The molecule has 0 bridgehead atoms. The monoisotopic (exact) mass is 289 g/mol. The molecule has 0 spiro atoms. The Kier molecular flexibility index (Phi) is 7.60. The van der Waals surface area contributed by atoms with E-state index < -0.39 is 29.6 Å². The molecule has 0 aliphatic rings. The van der Waals surface area contributed by atoms with Crippen LogP contribution in [0.25, 0.3) is 0 Å². The molecular formula is C12H23N3O5. The summed E-state index contributed by atoms with van der Waals surface area (Å²) in [7, 11) is 1.49. The maximum absolute atomic E-state index is 11.8. The van der Waals surface area contributed by atoms with Gasteiger partial charge in [-0.15, -0.1) is 0 Å². The van der Waals surface area contributed by atoms with Gasteiger partial charge < -0.3 is 25.8 Å². The standard InChI is InChI=1S/C12H23N3O5/c1-12(2,3)20-11(18)15-8(7-9(13)16)10(17)14-5-6-19-4/h8H,5-7H2,1-4H3,(H2,13,16)(H,14,17)(H,15,18)/t8-/m0/s1. The molecule has 20 heavy (non-hydrogen) atoms. The lowest BCUT2D eigenvalue weighted by Gasteiger charge is -2.22. The van der Waals surface area contributed by atoms with Gasteiger partial charge in [0.25, 0.3) is 0 Å². The van der Waals surface area contributed by atoms with E-state index in [9.17, 15) is 14.4 Å². The van der Waals surface area contributed by atoms with Crippen LogP contribution in [0.4, 0.5) is 4.79 Å². The number of rotatable bonds is 7. The van der Waals surface area contributed by atoms with Crippen LogP contribution in [0.3, 0.4) is 0 Å².